The Hall–Kier alpha value is -1.32. The van der Waals surface area contributed by atoms with E-state index in [1.165, 1.54) is 24.8 Å². The number of nitrogens with zero attached hydrogens (tertiary/aromatic N) is 3. The van der Waals surface area contributed by atoms with Crippen molar-refractivity contribution in [3.05, 3.63) is 11.4 Å². The molecule has 0 spiro atoms. The molecule has 0 aliphatic carbocycles. The highest BCUT2D eigenvalue weighted by molar-refractivity contribution is 5.58. The maximum Gasteiger partial charge on any atom is 0.137 e. The van der Waals surface area contributed by atoms with Crippen molar-refractivity contribution >= 4 is 11.6 Å². The highest BCUT2D eigenvalue weighted by atomic mass is 15.2. The SMILES string of the molecule is CCCNc1nc(C)nc(N2CCCC(C)(C)CC2)c1C. The molecule has 1 fully saturated rings. The first-order valence-corrected chi connectivity index (χ1v) is 8.27. The summed E-state index contributed by atoms with van der Waals surface area (Å²) in [4.78, 5) is 11.8. The van der Waals surface area contributed by atoms with Crippen molar-refractivity contribution < 1.29 is 0 Å². The van der Waals surface area contributed by atoms with Crippen LogP contribution < -0.4 is 10.2 Å². The molecule has 1 aromatic heterocycles. The monoisotopic (exact) mass is 290 g/mol. The third-order valence-electron chi connectivity index (χ3n) is 4.41. The summed E-state index contributed by atoms with van der Waals surface area (Å²) in [5.41, 5.74) is 1.64. The van der Waals surface area contributed by atoms with Crippen molar-refractivity contribution in [2.45, 2.75) is 60.3 Å². The van der Waals surface area contributed by atoms with Crippen LogP contribution in [0, 0.1) is 19.3 Å². The van der Waals surface area contributed by atoms with E-state index in [-0.39, 0.29) is 0 Å². The molecule has 0 radical (unpaired) electrons. The molecule has 0 aromatic carbocycles. The standard InChI is InChI=1S/C17H30N4/c1-6-10-18-15-13(2)16(20-14(3)19-15)21-11-7-8-17(4,5)9-12-21/h6-12H2,1-5H3,(H,18,19,20). The molecule has 1 aliphatic heterocycles. The zero-order chi connectivity index (χ0) is 15.5. The normalized spacial score (nSPS) is 18.4. The summed E-state index contributed by atoms with van der Waals surface area (Å²) >= 11 is 0. The minimum absolute atomic E-state index is 0.452. The molecule has 1 N–H and O–H groups in total. The first-order chi connectivity index (χ1) is 9.93. The third kappa shape index (κ3) is 4.08. The van der Waals surface area contributed by atoms with E-state index >= 15 is 0 Å². The summed E-state index contributed by atoms with van der Waals surface area (Å²) < 4.78 is 0. The number of nitrogens with one attached hydrogen (secondary N) is 1. The van der Waals surface area contributed by atoms with Gasteiger partial charge in [0.05, 0.1) is 0 Å². The van der Waals surface area contributed by atoms with Crippen LogP contribution in [0.15, 0.2) is 0 Å². The smallest absolute Gasteiger partial charge is 0.137 e. The average molecular weight is 290 g/mol. The Morgan fingerprint density at radius 2 is 1.90 bits per heavy atom. The van der Waals surface area contributed by atoms with Gasteiger partial charge in [-0.3, -0.25) is 0 Å². The second-order valence-electron chi connectivity index (χ2n) is 7.00. The molecule has 2 rings (SSSR count). The van der Waals surface area contributed by atoms with Crippen molar-refractivity contribution in [1.29, 1.82) is 0 Å². The van der Waals surface area contributed by atoms with E-state index in [1.807, 2.05) is 6.92 Å². The Labute approximate surface area is 129 Å². The van der Waals surface area contributed by atoms with E-state index in [9.17, 15) is 0 Å². The highest BCUT2D eigenvalue weighted by Crippen LogP contribution is 2.33. The van der Waals surface area contributed by atoms with Crippen LogP contribution in [0.3, 0.4) is 0 Å². The van der Waals surface area contributed by atoms with Crippen molar-refractivity contribution in [2.24, 2.45) is 5.41 Å². The summed E-state index contributed by atoms with van der Waals surface area (Å²) in [5, 5.41) is 3.44. The number of hydrogen-bond donors (Lipinski definition) is 1. The summed E-state index contributed by atoms with van der Waals surface area (Å²) in [6, 6.07) is 0. The van der Waals surface area contributed by atoms with E-state index in [2.05, 4.69) is 42.9 Å². The molecule has 0 unspecified atom stereocenters. The second kappa shape index (κ2) is 6.63. The van der Waals surface area contributed by atoms with Gasteiger partial charge in [-0.25, -0.2) is 9.97 Å². The van der Waals surface area contributed by atoms with Crippen molar-refractivity contribution in [3.8, 4) is 0 Å². The van der Waals surface area contributed by atoms with E-state index in [4.69, 9.17) is 4.98 Å². The van der Waals surface area contributed by atoms with Crippen molar-refractivity contribution in [1.82, 2.24) is 9.97 Å². The topological polar surface area (TPSA) is 41.1 Å². The summed E-state index contributed by atoms with van der Waals surface area (Å²) in [5.74, 6) is 2.99. The van der Waals surface area contributed by atoms with Gasteiger partial charge in [-0.2, -0.15) is 0 Å². The van der Waals surface area contributed by atoms with Gasteiger partial charge in [0.15, 0.2) is 0 Å². The van der Waals surface area contributed by atoms with Gasteiger partial charge in [0.2, 0.25) is 0 Å². The molecule has 2 heterocycles. The fourth-order valence-electron chi connectivity index (χ4n) is 2.97. The summed E-state index contributed by atoms with van der Waals surface area (Å²) in [7, 11) is 0. The van der Waals surface area contributed by atoms with Gasteiger partial charge in [-0.05, 0) is 44.9 Å². The molecule has 4 nitrogen and oxygen atoms in total. The molecule has 0 bridgehead atoms. The van der Waals surface area contributed by atoms with Gasteiger partial charge in [0, 0.05) is 25.2 Å². The van der Waals surface area contributed by atoms with Gasteiger partial charge >= 0.3 is 0 Å². The lowest BCUT2D eigenvalue weighted by Crippen LogP contribution is -2.27. The lowest BCUT2D eigenvalue weighted by molar-refractivity contribution is 0.325. The quantitative estimate of drug-likeness (QED) is 0.912. The van der Waals surface area contributed by atoms with Crippen LogP contribution in [0.2, 0.25) is 0 Å². The van der Waals surface area contributed by atoms with Gasteiger partial charge in [-0.15, -0.1) is 0 Å². The van der Waals surface area contributed by atoms with Crippen LogP contribution in [0.25, 0.3) is 0 Å². The van der Waals surface area contributed by atoms with Crippen LogP contribution in [0.1, 0.15) is 57.8 Å². The lowest BCUT2D eigenvalue weighted by Gasteiger charge is -2.26. The number of anilines is 2. The van der Waals surface area contributed by atoms with Crippen LogP contribution in [-0.4, -0.2) is 29.6 Å². The average Bonchev–Trinajstić information content (AvgIpc) is 2.60. The molecule has 118 valence electrons. The Kier molecular flexibility index (Phi) is 5.07. The van der Waals surface area contributed by atoms with E-state index in [1.54, 1.807) is 0 Å². The molecular weight excluding hydrogens is 260 g/mol. The number of aromatic nitrogens is 2. The lowest BCUT2D eigenvalue weighted by atomic mass is 9.85. The summed E-state index contributed by atoms with van der Waals surface area (Å²) in [6.07, 6.45) is 4.88. The predicted molar refractivity (Wildman–Crippen MR) is 90.1 cm³/mol. The molecule has 1 aliphatic rings. The maximum atomic E-state index is 4.73. The minimum atomic E-state index is 0.452. The molecular formula is C17H30N4. The summed E-state index contributed by atoms with van der Waals surface area (Å²) in [6.45, 7) is 14.2. The Morgan fingerprint density at radius 3 is 2.62 bits per heavy atom. The number of hydrogen-bond acceptors (Lipinski definition) is 4. The zero-order valence-corrected chi connectivity index (χ0v) is 14.3. The van der Waals surface area contributed by atoms with Gasteiger partial charge in [-0.1, -0.05) is 20.8 Å². The predicted octanol–water partition coefficient (Wildman–Crippen LogP) is 3.93. The fraction of sp³-hybridized carbons (Fsp3) is 0.765. The van der Waals surface area contributed by atoms with Crippen LogP contribution in [0.4, 0.5) is 11.6 Å². The number of rotatable bonds is 4. The first-order valence-electron chi connectivity index (χ1n) is 8.27. The highest BCUT2D eigenvalue weighted by Gasteiger charge is 2.25. The number of aryl methyl sites for hydroxylation is 1. The second-order valence-corrected chi connectivity index (χ2v) is 7.00. The third-order valence-corrected chi connectivity index (χ3v) is 4.41. The zero-order valence-electron chi connectivity index (χ0n) is 14.3. The molecule has 0 amide bonds. The maximum absolute atomic E-state index is 4.73. The molecule has 1 aromatic rings. The van der Waals surface area contributed by atoms with Gasteiger partial charge < -0.3 is 10.2 Å². The Bertz CT molecular complexity index is 482. The van der Waals surface area contributed by atoms with Gasteiger partial charge in [0.1, 0.15) is 17.5 Å². The molecule has 0 saturated carbocycles. The Balaban J connectivity index is 2.24. The van der Waals surface area contributed by atoms with Crippen LogP contribution >= 0.6 is 0 Å². The molecule has 21 heavy (non-hydrogen) atoms. The fourth-order valence-corrected chi connectivity index (χ4v) is 2.97. The van der Waals surface area contributed by atoms with Crippen molar-refractivity contribution in [2.75, 3.05) is 29.9 Å². The van der Waals surface area contributed by atoms with E-state index in [0.29, 0.717) is 5.41 Å². The first kappa shape index (κ1) is 16.1. The molecule has 4 heteroatoms. The molecule has 0 atom stereocenters. The van der Waals surface area contributed by atoms with Crippen LogP contribution in [-0.2, 0) is 0 Å². The van der Waals surface area contributed by atoms with E-state index < -0.39 is 0 Å². The molecule has 1 saturated heterocycles. The largest absolute Gasteiger partial charge is 0.370 e. The van der Waals surface area contributed by atoms with Crippen LogP contribution in [0.5, 0.6) is 0 Å². The van der Waals surface area contributed by atoms with E-state index in [0.717, 1.165) is 43.5 Å². The van der Waals surface area contributed by atoms with Gasteiger partial charge in [0.25, 0.3) is 0 Å². The minimum Gasteiger partial charge on any atom is -0.370 e. The Morgan fingerprint density at radius 1 is 1.14 bits per heavy atom. The van der Waals surface area contributed by atoms with Crippen molar-refractivity contribution in [3.63, 3.8) is 0 Å².